The Morgan fingerprint density at radius 3 is 2.68 bits per heavy atom. The van der Waals surface area contributed by atoms with E-state index in [1.54, 1.807) is 0 Å². The van der Waals surface area contributed by atoms with Crippen molar-refractivity contribution in [2.75, 3.05) is 6.61 Å². The molecule has 0 saturated heterocycles. The van der Waals surface area contributed by atoms with Crippen molar-refractivity contribution >= 4 is 11.3 Å². The Kier molecular flexibility index (Phi) is 5.58. The Balaban J connectivity index is 1.88. The number of aliphatic hydroxyl groups excluding tert-OH is 1. The zero-order chi connectivity index (χ0) is 13.5. The molecule has 0 bridgehead atoms. The zero-order valence-electron chi connectivity index (χ0n) is 11.3. The topological polar surface area (TPSA) is 32.3 Å². The van der Waals surface area contributed by atoms with Crippen LogP contribution in [0.25, 0.3) is 10.4 Å². The summed E-state index contributed by atoms with van der Waals surface area (Å²) >= 11 is 1.84. The monoisotopic (exact) mass is 275 g/mol. The third-order valence-electron chi connectivity index (χ3n) is 3.14. The summed E-state index contributed by atoms with van der Waals surface area (Å²) in [6.45, 7) is 3.36. The van der Waals surface area contributed by atoms with E-state index in [9.17, 15) is 0 Å². The summed E-state index contributed by atoms with van der Waals surface area (Å²) in [4.78, 5) is 2.68. The summed E-state index contributed by atoms with van der Waals surface area (Å²) in [5, 5.41) is 12.3. The molecule has 3 heteroatoms. The molecule has 0 radical (unpaired) electrons. The van der Waals surface area contributed by atoms with Crippen LogP contribution in [0.4, 0.5) is 0 Å². The first kappa shape index (κ1) is 14.3. The van der Waals surface area contributed by atoms with E-state index in [-0.39, 0.29) is 6.61 Å². The van der Waals surface area contributed by atoms with Crippen molar-refractivity contribution in [2.24, 2.45) is 0 Å². The Hall–Kier alpha value is -1.16. The van der Waals surface area contributed by atoms with E-state index in [4.69, 9.17) is 5.11 Å². The normalized spacial score (nSPS) is 12.5. The summed E-state index contributed by atoms with van der Waals surface area (Å²) in [6.07, 6.45) is 1.89. The zero-order valence-corrected chi connectivity index (χ0v) is 12.1. The van der Waals surface area contributed by atoms with Crippen LogP contribution in [0.3, 0.4) is 0 Å². The van der Waals surface area contributed by atoms with E-state index in [0.29, 0.717) is 6.04 Å². The highest BCUT2D eigenvalue weighted by Gasteiger charge is 2.04. The molecule has 2 aromatic rings. The molecule has 0 aliphatic heterocycles. The van der Waals surface area contributed by atoms with E-state index < -0.39 is 0 Å². The fourth-order valence-corrected chi connectivity index (χ4v) is 2.97. The molecule has 1 heterocycles. The van der Waals surface area contributed by atoms with Gasteiger partial charge in [-0.1, -0.05) is 30.3 Å². The molecule has 0 amide bonds. The van der Waals surface area contributed by atoms with Gasteiger partial charge in [-0.15, -0.1) is 11.3 Å². The number of thiophene rings is 1. The van der Waals surface area contributed by atoms with Gasteiger partial charge in [0.25, 0.3) is 0 Å². The van der Waals surface area contributed by atoms with Gasteiger partial charge in [-0.25, -0.2) is 0 Å². The van der Waals surface area contributed by atoms with Gasteiger partial charge in [0.1, 0.15) is 0 Å². The predicted molar refractivity (Wildman–Crippen MR) is 82.4 cm³/mol. The summed E-state index contributed by atoms with van der Waals surface area (Å²) in [7, 11) is 0. The van der Waals surface area contributed by atoms with Crippen LogP contribution in [0.2, 0.25) is 0 Å². The number of rotatable bonds is 7. The molecule has 1 atom stereocenters. The predicted octanol–water partition coefficient (Wildman–Crippen LogP) is 3.67. The molecule has 1 aromatic heterocycles. The number of hydrogen-bond donors (Lipinski definition) is 2. The minimum absolute atomic E-state index is 0.281. The maximum atomic E-state index is 8.80. The van der Waals surface area contributed by atoms with Crippen LogP contribution in [0.5, 0.6) is 0 Å². The highest BCUT2D eigenvalue weighted by atomic mass is 32.1. The molecule has 0 aliphatic carbocycles. The lowest BCUT2D eigenvalue weighted by atomic mass is 10.2. The van der Waals surface area contributed by atoms with Crippen molar-refractivity contribution in [3.05, 3.63) is 47.3 Å². The lowest BCUT2D eigenvalue weighted by Crippen LogP contribution is -2.25. The first-order valence-corrected chi connectivity index (χ1v) is 7.59. The molecule has 0 saturated carbocycles. The first-order valence-electron chi connectivity index (χ1n) is 6.78. The molecule has 2 rings (SSSR count). The van der Waals surface area contributed by atoms with Crippen molar-refractivity contribution in [3.8, 4) is 10.4 Å². The van der Waals surface area contributed by atoms with Crippen LogP contribution in [-0.4, -0.2) is 17.8 Å². The van der Waals surface area contributed by atoms with Gasteiger partial charge >= 0.3 is 0 Å². The maximum absolute atomic E-state index is 8.80. The molecule has 2 nitrogen and oxygen atoms in total. The standard InChI is InChI=1S/C16H21NOS/c1-13(6-5-11-18)17-12-15-9-10-16(19-15)14-7-3-2-4-8-14/h2-4,7-10,13,17-18H,5-6,11-12H2,1H3. The molecule has 0 spiro atoms. The SMILES string of the molecule is CC(CCCO)NCc1ccc(-c2ccccc2)s1. The summed E-state index contributed by atoms with van der Waals surface area (Å²) in [5.74, 6) is 0. The first-order chi connectivity index (χ1) is 9.29. The van der Waals surface area contributed by atoms with Gasteiger partial charge in [0.2, 0.25) is 0 Å². The maximum Gasteiger partial charge on any atom is 0.0431 e. The minimum atomic E-state index is 0.281. The quantitative estimate of drug-likeness (QED) is 0.808. The Morgan fingerprint density at radius 2 is 1.95 bits per heavy atom. The van der Waals surface area contributed by atoms with E-state index >= 15 is 0 Å². The van der Waals surface area contributed by atoms with Gasteiger partial charge in [-0.05, 0) is 37.5 Å². The average Bonchev–Trinajstić information content (AvgIpc) is 2.93. The second-order valence-corrected chi connectivity index (χ2v) is 5.95. The van der Waals surface area contributed by atoms with Gasteiger partial charge in [-0.3, -0.25) is 0 Å². The Labute approximate surface area is 119 Å². The minimum Gasteiger partial charge on any atom is -0.396 e. The largest absolute Gasteiger partial charge is 0.396 e. The van der Waals surface area contributed by atoms with E-state index in [1.165, 1.54) is 15.3 Å². The number of benzene rings is 1. The van der Waals surface area contributed by atoms with Crippen molar-refractivity contribution in [1.29, 1.82) is 0 Å². The molecule has 19 heavy (non-hydrogen) atoms. The summed E-state index contributed by atoms with van der Waals surface area (Å²) in [6, 6.07) is 15.3. The van der Waals surface area contributed by atoms with Gasteiger partial charge in [-0.2, -0.15) is 0 Å². The highest BCUT2D eigenvalue weighted by molar-refractivity contribution is 7.15. The smallest absolute Gasteiger partial charge is 0.0431 e. The number of aliphatic hydroxyl groups is 1. The lowest BCUT2D eigenvalue weighted by molar-refractivity contribution is 0.276. The highest BCUT2D eigenvalue weighted by Crippen LogP contribution is 2.27. The summed E-state index contributed by atoms with van der Waals surface area (Å²) < 4.78 is 0. The van der Waals surface area contributed by atoms with E-state index in [1.807, 2.05) is 17.4 Å². The molecule has 1 aromatic carbocycles. The van der Waals surface area contributed by atoms with Gasteiger partial charge in [0, 0.05) is 28.9 Å². The molecular formula is C16H21NOS. The van der Waals surface area contributed by atoms with Crippen molar-refractivity contribution in [1.82, 2.24) is 5.32 Å². The second kappa shape index (κ2) is 7.43. The van der Waals surface area contributed by atoms with E-state index in [0.717, 1.165) is 19.4 Å². The van der Waals surface area contributed by atoms with E-state index in [2.05, 4.69) is 48.6 Å². The van der Waals surface area contributed by atoms with Crippen molar-refractivity contribution < 1.29 is 5.11 Å². The van der Waals surface area contributed by atoms with Gasteiger partial charge in [0.05, 0.1) is 0 Å². The van der Waals surface area contributed by atoms with Crippen molar-refractivity contribution in [3.63, 3.8) is 0 Å². The fourth-order valence-electron chi connectivity index (χ4n) is 2.00. The Bertz CT molecular complexity index is 481. The van der Waals surface area contributed by atoms with Crippen LogP contribution in [0, 0.1) is 0 Å². The molecule has 2 N–H and O–H groups in total. The second-order valence-electron chi connectivity index (χ2n) is 4.78. The van der Waals surface area contributed by atoms with Crippen LogP contribution in [0.1, 0.15) is 24.6 Å². The van der Waals surface area contributed by atoms with Gasteiger partial charge in [0.15, 0.2) is 0 Å². The van der Waals surface area contributed by atoms with Crippen LogP contribution >= 0.6 is 11.3 Å². The number of nitrogens with one attached hydrogen (secondary N) is 1. The molecule has 102 valence electrons. The van der Waals surface area contributed by atoms with Crippen LogP contribution in [-0.2, 0) is 6.54 Å². The third-order valence-corrected chi connectivity index (χ3v) is 4.27. The van der Waals surface area contributed by atoms with Crippen LogP contribution < -0.4 is 5.32 Å². The van der Waals surface area contributed by atoms with Crippen molar-refractivity contribution in [2.45, 2.75) is 32.4 Å². The van der Waals surface area contributed by atoms with Gasteiger partial charge < -0.3 is 10.4 Å². The Morgan fingerprint density at radius 1 is 1.16 bits per heavy atom. The van der Waals surface area contributed by atoms with Crippen LogP contribution in [0.15, 0.2) is 42.5 Å². The fraction of sp³-hybridized carbons (Fsp3) is 0.375. The molecule has 0 aliphatic rings. The summed E-state index contributed by atoms with van der Waals surface area (Å²) in [5.41, 5.74) is 1.28. The molecule has 0 fully saturated rings. The average molecular weight is 275 g/mol. The lowest BCUT2D eigenvalue weighted by Gasteiger charge is -2.11. The third kappa shape index (κ3) is 4.46. The molecular weight excluding hydrogens is 254 g/mol. The number of hydrogen-bond acceptors (Lipinski definition) is 3. The molecule has 1 unspecified atom stereocenters.